The zero-order valence-electron chi connectivity index (χ0n) is 15.9. The maximum absolute atomic E-state index is 12.5. The smallest absolute Gasteiger partial charge is 0.411 e. The first kappa shape index (κ1) is 21.1. The van der Waals surface area contributed by atoms with E-state index in [9.17, 15) is 27.9 Å². The summed E-state index contributed by atoms with van der Waals surface area (Å²) in [5.74, 6) is 0. The lowest BCUT2D eigenvalue weighted by molar-refractivity contribution is -0.142. The zero-order chi connectivity index (χ0) is 21.9. The first-order chi connectivity index (χ1) is 14.2. The molecule has 1 aromatic carbocycles. The van der Waals surface area contributed by atoms with Gasteiger partial charge >= 0.3 is 12.3 Å². The van der Waals surface area contributed by atoms with E-state index in [2.05, 4.69) is 10.2 Å². The standard InChI is InChI=1S/C19H18F3N5O3/c1-2-26(18(29)30)14-5-3-4-13(8-14)9-16-17(28)6-7-27(24-16)15-10-23-25(11-15)12-19(20,21)22/h3-8,10-11H,2,9,12H2,1H3,(H,29,30). The molecule has 8 nitrogen and oxygen atoms in total. The number of hydrogen-bond donors (Lipinski definition) is 1. The summed E-state index contributed by atoms with van der Waals surface area (Å²) in [6.45, 7) is 0.735. The van der Waals surface area contributed by atoms with Crippen LogP contribution >= 0.6 is 0 Å². The number of halogens is 3. The molecule has 0 aliphatic carbocycles. The van der Waals surface area contributed by atoms with Crippen LogP contribution in [0.1, 0.15) is 18.2 Å². The third kappa shape index (κ3) is 5.04. The predicted octanol–water partition coefficient (Wildman–Crippen LogP) is 3.09. The first-order valence-electron chi connectivity index (χ1n) is 8.94. The van der Waals surface area contributed by atoms with E-state index >= 15 is 0 Å². The van der Waals surface area contributed by atoms with Crippen molar-refractivity contribution in [3.8, 4) is 5.69 Å². The average molecular weight is 421 g/mol. The summed E-state index contributed by atoms with van der Waals surface area (Å²) >= 11 is 0. The maximum Gasteiger partial charge on any atom is 0.411 e. The van der Waals surface area contributed by atoms with E-state index < -0.39 is 18.8 Å². The van der Waals surface area contributed by atoms with Gasteiger partial charge < -0.3 is 5.11 Å². The minimum atomic E-state index is -4.40. The van der Waals surface area contributed by atoms with Gasteiger partial charge in [0.25, 0.3) is 0 Å². The Kier molecular flexibility index (Phi) is 5.90. The molecule has 1 amide bonds. The van der Waals surface area contributed by atoms with Gasteiger partial charge in [-0.2, -0.15) is 23.4 Å². The molecule has 0 fully saturated rings. The molecule has 0 saturated carbocycles. The van der Waals surface area contributed by atoms with Crippen molar-refractivity contribution in [1.29, 1.82) is 0 Å². The van der Waals surface area contributed by atoms with Gasteiger partial charge in [-0.1, -0.05) is 12.1 Å². The van der Waals surface area contributed by atoms with Crippen LogP contribution in [-0.4, -0.2) is 43.5 Å². The molecule has 158 valence electrons. The number of nitrogens with zero attached hydrogens (tertiary/aromatic N) is 5. The summed E-state index contributed by atoms with van der Waals surface area (Å²) in [4.78, 5) is 24.7. The molecule has 0 atom stereocenters. The molecular formula is C19H18F3N5O3. The molecule has 30 heavy (non-hydrogen) atoms. The lowest BCUT2D eigenvalue weighted by atomic mass is 10.1. The Balaban J connectivity index is 1.87. The second kappa shape index (κ2) is 8.39. The third-order valence-corrected chi connectivity index (χ3v) is 4.25. The number of amides is 1. The van der Waals surface area contributed by atoms with Crippen LogP contribution in [0.2, 0.25) is 0 Å². The number of carbonyl (C=O) groups is 1. The van der Waals surface area contributed by atoms with E-state index in [0.29, 0.717) is 11.3 Å². The molecule has 2 aromatic heterocycles. The van der Waals surface area contributed by atoms with Crippen LogP contribution in [-0.2, 0) is 13.0 Å². The maximum atomic E-state index is 12.5. The molecule has 0 radical (unpaired) electrons. The molecule has 0 bridgehead atoms. The van der Waals surface area contributed by atoms with Crippen LogP contribution in [0, 0.1) is 0 Å². The molecule has 3 rings (SSSR count). The van der Waals surface area contributed by atoms with Gasteiger partial charge in [0.15, 0.2) is 0 Å². The molecule has 1 N–H and O–H groups in total. The van der Waals surface area contributed by atoms with Gasteiger partial charge in [-0.3, -0.25) is 14.4 Å². The second-order valence-corrected chi connectivity index (χ2v) is 6.46. The van der Waals surface area contributed by atoms with Gasteiger partial charge in [0.1, 0.15) is 17.9 Å². The summed E-state index contributed by atoms with van der Waals surface area (Å²) < 4.78 is 39.6. The van der Waals surface area contributed by atoms with Crippen molar-refractivity contribution >= 4 is 11.8 Å². The lowest BCUT2D eigenvalue weighted by Gasteiger charge is -2.17. The van der Waals surface area contributed by atoms with E-state index in [-0.39, 0.29) is 29.8 Å². The Bertz CT molecular complexity index is 1110. The van der Waals surface area contributed by atoms with E-state index in [1.807, 2.05) is 0 Å². The van der Waals surface area contributed by atoms with Gasteiger partial charge in [-0.05, 0) is 24.6 Å². The molecule has 11 heteroatoms. The SMILES string of the molecule is CCN(C(=O)O)c1cccc(Cc2nn(-c3cnn(CC(F)(F)F)c3)ccc2=O)c1. The van der Waals surface area contributed by atoms with Crippen molar-refractivity contribution in [2.24, 2.45) is 0 Å². The Morgan fingerprint density at radius 2 is 2.03 bits per heavy atom. The summed E-state index contributed by atoms with van der Waals surface area (Å²) in [7, 11) is 0. The largest absolute Gasteiger partial charge is 0.465 e. The molecule has 0 aliphatic heterocycles. The van der Waals surface area contributed by atoms with Crippen LogP contribution in [0.25, 0.3) is 5.69 Å². The molecule has 0 unspecified atom stereocenters. The van der Waals surface area contributed by atoms with Crippen LogP contribution in [0.3, 0.4) is 0 Å². The Labute approximate surface area is 168 Å². The lowest BCUT2D eigenvalue weighted by Crippen LogP contribution is -2.28. The van der Waals surface area contributed by atoms with Gasteiger partial charge in [0.2, 0.25) is 5.43 Å². The van der Waals surface area contributed by atoms with Gasteiger partial charge in [-0.25, -0.2) is 9.48 Å². The highest BCUT2D eigenvalue weighted by Gasteiger charge is 2.28. The van der Waals surface area contributed by atoms with Crippen molar-refractivity contribution in [3.05, 3.63) is 70.4 Å². The molecular weight excluding hydrogens is 403 g/mol. The van der Waals surface area contributed by atoms with Crippen molar-refractivity contribution in [1.82, 2.24) is 19.6 Å². The number of alkyl halides is 3. The topological polar surface area (TPSA) is 93.2 Å². The number of rotatable bonds is 6. The van der Waals surface area contributed by atoms with E-state index in [1.54, 1.807) is 31.2 Å². The third-order valence-electron chi connectivity index (χ3n) is 4.25. The van der Waals surface area contributed by atoms with Crippen molar-refractivity contribution in [3.63, 3.8) is 0 Å². The van der Waals surface area contributed by atoms with Gasteiger partial charge in [-0.15, -0.1) is 0 Å². The molecule has 0 aliphatic rings. The highest BCUT2D eigenvalue weighted by Crippen LogP contribution is 2.19. The van der Waals surface area contributed by atoms with Gasteiger partial charge in [0, 0.05) is 30.9 Å². The molecule has 0 saturated heterocycles. The van der Waals surface area contributed by atoms with Crippen LogP contribution in [0.15, 0.2) is 53.7 Å². The monoisotopic (exact) mass is 421 g/mol. The zero-order valence-corrected chi connectivity index (χ0v) is 15.9. The Morgan fingerprint density at radius 1 is 1.27 bits per heavy atom. The highest BCUT2D eigenvalue weighted by molar-refractivity contribution is 5.86. The van der Waals surface area contributed by atoms with Crippen LogP contribution < -0.4 is 10.3 Å². The molecule has 2 heterocycles. The second-order valence-electron chi connectivity index (χ2n) is 6.46. The van der Waals surface area contributed by atoms with Crippen molar-refractivity contribution < 1.29 is 23.1 Å². The Hall–Kier alpha value is -3.63. The van der Waals surface area contributed by atoms with Crippen LogP contribution in [0.5, 0.6) is 0 Å². The summed E-state index contributed by atoms with van der Waals surface area (Å²) in [5.41, 5.74) is 1.23. The fourth-order valence-electron chi connectivity index (χ4n) is 2.91. The summed E-state index contributed by atoms with van der Waals surface area (Å²) in [6.07, 6.45) is -1.62. The first-order valence-corrected chi connectivity index (χ1v) is 8.94. The number of benzene rings is 1. The number of aromatic nitrogens is 4. The van der Waals surface area contributed by atoms with E-state index in [0.717, 1.165) is 9.58 Å². The van der Waals surface area contributed by atoms with E-state index in [1.165, 1.54) is 29.3 Å². The van der Waals surface area contributed by atoms with E-state index in [4.69, 9.17) is 0 Å². The van der Waals surface area contributed by atoms with Crippen molar-refractivity contribution in [2.45, 2.75) is 26.1 Å². The average Bonchev–Trinajstić information content (AvgIpc) is 3.11. The van der Waals surface area contributed by atoms with Crippen LogP contribution in [0.4, 0.5) is 23.7 Å². The quantitative estimate of drug-likeness (QED) is 0.660. The van der Waals surface area contributed by atoms with Crippen molar-refractivity contribution in [2.75, 3.05) is 11.4 Å². The fourth-order valence-corrected chi connectivity index (χ4v) is 2.91. The number of anilines is 1. The highest BCUT2D eigenvalue weighted by atomic mass is 19.4. The number of carboxylic acid groups (broad SMARTS) is 1. The minimum absolute atomic E-state index is 0.126. The summed E-state index contributed by atoms with van der Waals surface area (Å²) in [5, 5.41) is 17.2. The molecule has 3 aromatic rings. The predicted molar refractivity (Wildman–Crippen MR) is 102 cm³/mol. The fraction of sp³-hybridized carbons (Fsp3) is 0.263. The molecule has 0 spiro atoms. The minimum Gasteiger partial charge on any atom is -0.465 e. The number of hydrogen-bond acceptors (Lipinski definition) is 4. The summed E-state index contributed by atoms with van der Waals surface area (Å²) in [6, 6.07) is 7.98. The van der Waals surface area contributed by atoms with Gasteiger partial charge in [0.05, 0.1) is 12.4 Å². The normalized spacial score (nSPS) is 11.5. The Morgan fingerprint density at radius 3 is 2.70 bits per heavy atom.